The van der Waals surface area contributed by atoms with Crippen LogP contribution in [0, 0.1) is 23.7 Å². The van der Waals surface area contributed by atoms with Gasteiger partial charge in [-0.1, -0.05) is 67.2 Å². The number of carbonyl (C=O) groups excluding carboxylic acids is 1. The fraction of sp³-hybridized carbons (Fsp3) is 0.931. The van der Waals surface area contributed by atoms with E-state index >= 15 is 0 Å². The molecule has 1 saturated carbocycles. The van der Waals surface area contributed by atoms with Gasteiger partial charge in [-0.2, -0.15) is 0 Å². The molecule has 8 heteroatoms. The van der Waals surface area contributed by atoms with Crippen molar-refractivity contribution in [1.29, 1.82) is 0 Å². The molecule has 5 atom stereocenters. The molecular weight excluding hydrogens is 494 g/mol. The van der Waals surface area contributed by atoms with E-state index in [1.807, 2.05) is 20.8 Å². The fourth-order valence-corrected chi connectivity index (χ4v) is 6.60. The Kier molecular flexibility index (Phi) is 13.4. The highest BCUT2D eigenvalue weighted by molar-refractivity contribution is 6.74. The van der Waals surface area contributed by atoms with E-state index in [1.165, 1.54) is 0 Å². The van der Waals surface area contributed by atoms with Gasteiger partial charge in [0.1, 0.15) is 11.9 Å². The molecule has 0 aromatic heterocycles. The molecule has 5 nitrogen and oxygen atoms in total. The van der Waals surface area contributed by atoms with Gasteiger partial charge in [-0.05, 0) is 62.1 Å². The number of rotatable bonds is 17. The maximum atomic E-state index is 14.5. The first kappa shape index (κ1) is 34.2. The SMILES string of the molecule is CCCCC(F)(F)C(O)CC[C@H]1[C@H](O[Si](C)(C)C(C)(C)C)CC(=O)[C@@H]1CCCCCC(C(=O)O)C(C)C. The molecule has 0 aliphatic heterocycles. The van der Waals surface area contributed by atoms with Crippen molar-refractivity contribution in [3.63, 3.8) is 0 Å². The third kappa shape index (κ3) is 10.3. The lowest BCUT2D eigenvalue weighted by Gasteiger charge is -2.40. The maximum absolute atomic E-state index is 14.5. The second-order valence-corrected chi connectivity index (χ2v) is 17.9. The van der Waals surface area contributed by atoms with E-state index in [9.17, 15) is 28.6 Å². The summed E-state index contributed by atoms with van der Waals surface area (Å²) >= 11 is 0. The number of unbranched alkanes of at least 4 members (excludes halogenated alkanes) is 3. The zero-order chi connectivity index (χ0) is 28.6. The Morgan fingerprint density at radius 1 is 1.08 bits per heavy atom. The number of aliphatic hydroxyl groups is 1. The number of halogens is 2. The van der Waals surface area contributed by atoms with Crippen LogP contribution in [0.15, 0.2) is 0 Å². The van der Waals surface area contributed by atoms with Crippen molar-refractivity contribution in [1.82, 2.24) is 0 Å². The summed E-state index contributed by atoms with van der Waals surface area (Å²) < 4.78 is 35.6. The molecule has 0 amide bonds. The zero-order valence-electron chi connectivity index (χ0n) is 24.6. The highest BCUT2D eigenvalue weighted by Gasteiger charge is 2.48. The standard InChI is InChI=1S/C29H54F2O5Si/c1-9-10-18-29(30,31)26(33)17-16-23-22(15-13-11-12-14-21(20(2)3)27(34)35)24(32)19-25(23)36-37(7,8)28(4,5)6/h20-23,25-26,33H,9-19H2,1-8H3,(H,34,35)/t21?,22-,23-,25-,26?/m1/s1. The molecular formula is C29H54F2O5Si. The second kappa shape index (κ2) is 14.5. The molecule has 37 heavy (non-hydrogen) atoms. The van der Waals surface area contributed by atoms with Crippen molar-refractivity contribution in [3.8, 4) is 0 Å². The van der Waals surface area contributed by atoms with Gasteiger partial charge in [-0.25, -0.2) is 8.78 Å². The highest BCUT2D eigenvalue weighted by atomic mass is 28.4. The molecule has 218 valence electrons. The van der Waals surface area contributed by atoms with Crippen molar-refractivity contribution >= 4 is 20.1 Å². The van der Waals surface area contributed by atoms with Crippen molar-refractivity contribution in [2.75, 3.05) is 0 Å². The van der Waals surface area contributed by atoms with Gasteiger partial charge in [-0.15, -0.1) is 0 Å². The van der Waals surface area contributed by atoms with Gasteiger partial charge < -0.3 is 14.6 Å². The number of alkyl halides is 2. The van der Waals surface area contributed by atoms with Gasteiger partial charge in [-0.3, -0.25) is 9.59 Å². The lowest BCUT2D eigenvalue weighted by Crippen LogP contribution is -2.45. The van der Waals surface area contributed by atoms with E-state index in [0.717, 1.165) is 19.3 Å². The minimum atomic E-state index is -3.12. The van der Waals surface area contributed by atoms with E-state index in [1.54, 1.807) is 0 Å². The van der Waals surface area contributed by atoms with E-state index in [4.69, 9.17) is 4.43 Å². The first-order valence-corrected chi connectivity index (χ1v) is 17.3. The van der Waals surface area contributed by atoms with Crippen LogP contribution in [0.25, 0.3) is 0 Å². The van der Waals surface area contributed by atoms with Gasteiger partial charge in [0.2, 0.25) is 0 Å². The van der Waals surface area contributed by atoms with Crippen LogP contribution in [-0.4, -0.2) is 48.4 Å². The maximum Gasteiger partial charge on any atom is 0.306 e. The average molecular weight is 549 g/mol. The number of hydrogen-bond donors (Lipinski definition) is 2. The van der Waals surface area contributed by atoms with Crippen LogP contribution in [0.3, 0.4) is 0 Å². The van der Waals surface area contributed by atoms with Crippen molar-refractivity contribution in [2.24, 2.45) is 23.7 Å². The second-order valence-electron chi connectivity index (χ2n) is 13.1. The van der Waals surface area contributed by atoms with Gasteiger partial charge in [0.15, 0.2) is 8.32 Å². The normalized spacial score (nSPS) is 23.0. The first-order chi connectivity index (χ1) is 16.9. The van der Waals surface area contributed by atoms with Crippen LogP contribution in [0.4, 0.5) is 8.78 Å². The minimum Gasteiger partial charge on any atom is -0.481 e. The summed E-state index contributed by atoms with van der Waals surface area (Å²) in [5.41, 5.74) is 0. The summed E-state index contributed by atoms with van der Waals surface area (Å²) in [6, 6.07) is 0. The zero-order valence-corrected chi connectivity index (χ0v) is 25.6. The van der Waals surface area contributed by atoms with Crippen LogP contribution in [0.1, 0.15) is 112 Å². The Bertz CT molecular complexity index is 720. The monoisotopic (exact) mass is 548 g/mol. The topological polar surface area (TPSA) is 83.8 Å². The summed E-state index contributed by atoms with van der Waals surface area (Å²) in [7, 11) is -2.18. The predicted octanol–water partition coefficient (Wildman–Crippen LogP) is 7.86. The molecule has 2 unspecified atom stereocenters. The number of aliphatic hydroxyl groups excluding tert-OH is 1. The van der Waals surface area contributed by atoms with E-state index < -0.39 is 26.3 Å². The Morgan fingerprint density at radius 3 is 2.22 bits per heavy atom. The third-order valence-corrected chi connectivity index (χ3v) is 13.3. The summed E-state index contributed by atoms with van der Waals surface area (Å²) in [6.45, 7) is 16.4. The van der Waals surface area contributed by atoms with Gasteiger partial charge in [0.25, 0.3) is 5.92 Å². The Balaban J connectivity index is 2.89. The van der Waals surface area contributed by atoms with Crippen molar-refractivity contribution in [2.45, 2.75) is 148 Å². The van der Waals surface area contributed by atoms with Crippen LogP contribution in [0.2, 0.25) is 18.1 Å². The van der Waals surface area contributed by atoms with E-state index in [2.05, 4.69) is 33.9 Å². The quantitative estimate of drug-likeness (QED) is 0.143. The largest absolute Gasteiger partial charge is 0.481 e. The van der Waals surface area contributed by atoms with Crippen LogP contribution in [-0.2, 0) is 14.0 Å². The number of ketones is 1. The van der Waals surface area contributed by atoms with Gasteiger partial charge >= 0.3 is 5.97 Å². The molecule has 0 aromatic carbocycles. The molecule has 0 bridgehead atoms. The smallest absolute Gasteiger partial charge is 0.306 e. The van der Waals surface area contributed by atoms with Gasteiger partial charge in [0, 0.05) is 18.8 Å². The fourth-order valence-electron chi connectivity index (χ4n) is 5.23. The number of carbonyl (C=O) groups is 2. The molecule has 1 aliphatic rings. The van der Waals surface area contributed by atoms with Crippen molar-refractivity contribution < 1.29 is 33.0 Å². The van der Waals surface area contributed by atoms with E-state index in [-0.39, 0.29) is 53.4 Å². The highest BCUT2D eigenvalue weighted by Crippen LogP contribution is 2.44. The number of Topliss-reactive ketones (excluding diaryl/α,β-unsaturated/α-hetero) is 1. The number of carboxylic acid groups (broad SMARTS) is 1. The van der Waals surface area contributed by atoms with E-state index in [0.29, 0.717) is 38.5 Å². The molecule has 0 heterocycles. The lowest BCUT2D eigenvalue weighted by molar-refractivity contribution is -0.143. The number of aliphatic carboxylic acids is 1. The molecule has 1 fully saturated rings. The molecule has 1 aliphatic carbocycles. The molecule has 0 saturated heterocycles. The molecule has 2 N–H and O–H groups in total. The van der Waals surface area contributed by atoms with Gasteiger partial charge in [0.05, 0.1) is 12.0 Å². The van der Waals surface area contributed by atoms with Crippen LogP contribution >= 0.6 is 0 Å². The van der Waals surface area contributed by atoms with Crippen LogP contribution in [0.5, 0.6) is 0 Å². The Morgan fingerprint density at radius 2 is 1.70 bits per heavy atom. The molecule has 0 aromatic rings. The average Bonchev–Trinajstić information content (AvgIpc) is 3.04. The Hall–Kier alpha value is -0.863. The molecule has 1 rings (SSSR count). The van der Waals surface area contributed by atoms with Crippen molar-refractivity contribution in [3.05, 3.63) is 0 Å². The lowest BCUT2D eigenvalue weighted by atomic mass is 9.84. The predicted molar refractivity (Wildman–Crippen MR) is 147 cm³/mol. The first-order valence-electron chi connectivity index (χ1n) is 14.4. The summed E-state index contributed by atoms with van der Waals surface area (Å²) in [5, 5.41) is 19.7. The molecule has 0 spiro atoms. The summed E-state index contributed by atoms with van der Waals surface area (Å²) in [4.78, 5) is 24.6. The minimum absolute atomic E-state index is 0.0392. The number of carboxylic acids is 1. The van der Waals surface area contributed by atoms with Crippen LogP contribution < -0.4 is 0 Å². The Labute approximate surface area is 225 Å². The summed E-state index contributed by atoms with van der Waals surface area (Å²) in [5.74, 6) is -4.48. The number of hydrogen-bond acceptors (Lipinski definition) is 4. The molecule has 0 radical (unpaired) electrons. The third-order valence-electron chi connectivity index (χ3n) is 8.84. The summed E-state index contributed by atoms with van der Waals surface area (Å²) in [6.07, 6.45) is 2.95.